The number of benzene rings is 3. The quantitative estimate of drug-likeness (QED) is 0.418. The Morgan fingerprint density at radius 1 is 0.909 bits per heavy atom. The van der Waals surface area contributed by atoms with Gasteiger partial charge < -0.3 is 19.5 Å². The van der Waals surface area contributed by atoms with Crippen LogP contribution in [0.1, 0.15) is 58.5 Å². The van der Waals surface area contributed by atoms with Crippen molar-refractivity contribution in [2.24, 2.45) is 0 Å². The van der Waals surface area contributed by atoms with Crippen LogP contribution in [0.5, 0.6) is 11.5 Å². The van der Waals surface area contributed by atoms with Gasteiger partial charge >= 0.3 is 5.97 Å². The summed E-state index contributed by atoms with van der Waals surface area (Å²) in [6, 6.07) is 19.8. The minimum absolute atomic E-state index is 0.249. The Hall–Kier alpha value is -3.80. The molecule has 0 bridgehead atoms. The van der Waals surface area contributed by atoms with Gasteiger partial charge in [0, 0.05) is 11.1 Å². The molecule has 0 radical (unpaired) electrons. The number of carbonyl (C=O) groups is 2. The van der Waals surface area contributed by atoms with Crippen molar-refractivity contribution in [1.29, 1.82) is 0 Å². The lowest BCUT2D eigenvalue weighted by atomic mass is 10.0. The summed E-state index contributed by atoms with van der Waals surface area (Å²) in [4.78, 5) is 25.0. The van der Waals surface area contributed by atoms with Crippen LogP contribution >= 0.6 is 0 Å². The van der Waals surface area contributed by atoms with Gasteiger partial charge in [0.05, 0.1) is 25.0 Å². The van der Waals surface area contributed by atoms with Crippen LogP contribution in [0, 0.1) is 0 Å². The smallest absolute Gasteiger partial charge is 0.339 e. The van der Waals surface area contributed by atoms with Crippen molar-refractivity contribution in [3.8, 4) is 11.5 Å². The van der Waals surface area contributed by atoms with E-state index in [1.807, 2.05) is 31.2 Å². The van der Waals surface area contributed by atoms with Gasteiger partial charge in [-0.05, 0) is 54.8 Å². The number of ether oxygens (including phenoxy) is 3. The van der Waals surface area contributed by atoms with Crippen LogP contribution in [0.2, 0.25) is 0 Å². The fourth-order valence-corrected chi connectivity index (χ4v) is 3.45. The second-order valence-corrected chi connectivity index (χ2v) is 7.73. The summed E-state index contributed by atoms with van der Waals surface area (Å²) < 4.78 is 16.7. The number of methoxy groups -OCH3 is 1. The summed E-state index contributed by atoms with van der Waals surface area (Å²) in [7, 11) is 1.30. The fourth-order valence-electron chi connectivity index (χ4n) is 3.45. The molecule has 172 valence electrons. The molecule has 33 heavy (non-hydrogen) atoms. The lowest BCUT2D eigenvalue weighted by Crippen LogP contribution is -2.16. The molecule has 0 aliphatic carbocycles. The summed E-state index contributed by atoms with van der Waals surface area (Å²) in [6.45, 7) is 6.88. The zero-order chi connectivity index (χ0) is 23.8. The molecule has 0 aliphatic rings. The highest BCUT2D eigenvalue weighted by Crippen LogP contribution is 2.29. The fraction of sp³-hybridized carbons (Fsp3) is 0.259. The number of rotatable bonds is 9. The number of hydrogen-bond donors (Lipinski definition) is 1. The normalized spacial score (nSPS) is 10.6. The number of amides is 1. The Morgan fingerprint density at radius 2 is 1.64 bits per heavy atom. The molecule has 3 rings (SSSR count). The molecule has 0 atom stereocenters. The first kappa shape index (κ1) is 23.9. The van der Waals surface area contributed by atoms with Crippen molar-refractivity contribution in [2.75, 3.05) is 19.0 Å². The molecule has 0 aromatic heterocycles. The highest BCUT2D eigenvalue weighted by molar-refractivity contribution is 6.08. The van der Waals surface area contributed by atoms with E-state index in [1.54, 1.807) is 42.5 Å². The Balaban J connectivity index is 1.85. The zero-order valence-electron chi connectivity index (χ0n) is 19.4. The second-order valence-electron chi connectivity index (χ2n) is 7.73. The van der Waals surface area contributed by atoms with Crippen LogP contribution in [0.3, 0.4) is 0 Å². The third-order valence-corrected chi connectivity index (χ3v) is 5.13. The zero-order valence-corrected chi connectivity index (χ0v) is 19.4. The Kier molecular flexibility index (Phi) is 8.08. The first-order chi connectivity index (χ1) is 15.9. The van der Waals surface area contributed by atoms with E-state index < -0.39 is 5.97 Å². The van der Waals surface area contributed by atoms with Crippen LogP contribution in [0.25, 0.3) is 0 Å². The molecule has 0 fully saturated rings. The maximum atomic E-state index is 13.0. The number of anilines is 1. The molecular formula is C27H29NO5. The van der Waals surface area contributed by atoms with Gasteiger partial charge in [-0.2, -0.15) is 0 Å². The van der Waals surface area contributed by atoms with Gasteiger partial charge in [-0.25, -0.2) is 4.79 Å². The second kappa shape index (κ2) is 11.2. The molecule has 0 heterocycles. The Morgan fingerprint density at radius 3 is 2.36 bits per heavy atom. The third kappa shape index (κ3) is 5.92. The SMILES string of the molecule is CCOc1ccc(C(=O)Nc2ccccc2C(=O)OC)cc1COc1ccccc1C(C)C. The molecule has 0 aliphatic heterocycles. The summed E-state index contributed by atoms with van der Waals surface area (Å²) in [5, 5.41) is 2.80. The van der Waals surface area contributed by atoms with Gasteiger partial charge in [0.2, 0.25) is 0 Å². The lowest BCUT2D eigenvalue weighted by Gasteiger charge is -2.16. The van der Waals surface area contributed by atoms with Crippen LogP contribution in [0.15, 0.2) is 66.7 Å². The van der Waals surface area contributed by atoms with Crippen LogP contribution in [-0.4, -0.2) is 25.6 Å². The van der Waals surface area contributed by atoms with Gasteiger partial charge in [0.25, 0.3) is 5.91 Å². The highest BCUT2D eigenvalue weighted by atomic mass is 16.5. The van der Waals surface area contributed by atoms with E-state index in [1.165, 1.54) is 7.11 Å². The van der Waals surface area contributed by atoms with Gasteiger partial charge in [0.1, 0.15) is 18.1 Å². The molecule has 0 saturated carbocycles. The van der Waals surface area contributed by atoms with Crippen molar-refractivity contribution in [1.82, 2.24) is 0 Å². The molecule has 6 nitrogen and oxygen atoms in total. The molecular weight excluding hydrogens is 418 g/mol. The maximum absolute atomic E-state index is 13.0. The first-order valence-electron chi connectivity index (χ1n) is 10.9. The molecule has 0 unspecified atom stereocenters. The van der Waals surface area contributed by atoms with Crippen molar-refractivity contribution in [2.45, 2.75) is 33.3 Å². The van der Waals surface area contributed by atoms with E-state index in [-0.39, 0.29) is 18.1 Å². The monoisotopic (exact) mass is 447 g/mol. The predicted octanol–water partition coefficient (Wildman–Crippen LogP) is 5.83. The summed E-state index contributed by atoms with van der Waals surface area (Å²) in [5.74, 6) is 0.913. The number of para-hydroxylation sites is 2. The van der Waals surface area contributed by atoms with Crippen LogP contribution in [-0.2, 0) is 11.3 Å². The van der Waals surface area contributed by atoms with Crippen molar-refractivity contribution in [3.05, 3.63) is 89.0 Å². The van der Waals surface area contributed by atoms with Crippen molar-refractivity contribution < 1.29 is 23.8 Å². The van der Waals surface area contributed by atoms with Crippen LogP contribution in [0.4, 0.5) is 5.69 Å². The average Bonchev–Trinajstić information content (AvgIpc) is 2.83. The van der Waals surface area contributed by atoms with Gasteiger partial charge in [0.15, 0.2) is 0 Å². The minimum Gasteiger partial charge on any atom is -0.493 e. The van der Waals surface area contributed by atoms with E-state index in [9.17, 15) is 9.59 Å². The van der Waals surface area contributed by atoms with E-state index >= 15 is 0 Å². The van der Waals surface area contributed by atoms with Crippen molar-refractivity contribution in [3.63, 3.8) is 0 Å². The van der Waals surface area contributed by atoms with Gasteiger partial charge in [-0.1, -0.05) is 44.2 Å². The average molecular weight is 448 g/mol. The molecule has 3 aromatic rings. The van der Waals surface area contributed by atoms with Crippen LogP contribution < -0.4 is 14.8 Å². The number of carbonyl (C=O) groups excluding carboxylic acids is 2. The van der Waals surface area contributed by atoms with E-state index in [0.29, 0.717) is 29.5 Å². The molecule has 1 amide bonds. The topological polar surface area (TPSA) is 73.9 Å². The molecule has 1 N–H and O–H groups in total. The van der Waals surface area contributed by atoms with Crippen molar-refractivity contribution >= 4 is 17.6 Å². The number of esters is 1. The maximum Gasteiger partial charge on any atom is 0.339 e. The Labute approximate surface area is 194 Å². The summed E-state index contributed by atoms with van der Waals surface area (Å²) in [6.07, 6.45) is 0. The molecule has 3 aromatic carbocycles. The number of nitrogens with one attached hydrogen (secondary N) is 1. The minimum atomic E-state index is -0.518. The van der Waals surface area contributed by atoms with Gasteiger partial charge in [-0.3, -0.25) is 4.79 Å². The molecule has 6 heteroatoms. The van der Waals surface area contributed by atoms with E-state index in [0.717, 1.165) is 16.9 Å². The first-order valence-corrected chi connectivity index (χ1v) is 10.9. The van der Waals surface area contributed by atoms with E-state index in [2.05, 4.69) is 19.2 Å². The molecule has 0 spiro atoms. The highest BCUT2D eigenvalue weighted by Gasteiger charge is 2.16. The predicted molar refractivity (Wildman–Crippen MR) is 128 cm³/mol. The lowest BCUT2D eigenvalue weighted by molar-refractivity contribution is 0.0602. The summed E-state index contributed by atoms with van der Waals surface area (Å²) >= 11 is 0. The number of hydrogen-bond acceptors (Lipinski definition) is 5. The standard InChI is InChI=1S/C27H29NO5/c1-5-32-24-15-14-19(26(29)28-23-12-8-6-11-22(23)27(30)31-4)16-20(24)17-33-25-13-9-7-10-21(25)18(2)3/h6-16,18H,5,17H2,1-4H3,(H,28,29). The van der Waals surface area contributed by atoms with E-state index in [4.69, 9.17) is 14.2 Å². The largest absolute Gasteiger partial charge is 0.493 e. The summed E-state index contributed by atoms with van der Waals surface area (Å²) in [5.41, 5.74) is 2.96. The third-order valence-electron chi connectivity index (χ3n) is 5.13. The molecule has 0 saturated heterocycles. The van der Waals surface area contributed by atoms with Gasteiger partial charge in [-0.15, -0.1) is 0 Å². The Bertz CT molecular complexity index is 1120.